The molecule has 0 bridgehead atoms. The molecule has 0 radical (unpaired) electrons. The van der Waals surface area contributed by atoms with Gasteiger partial charge in [-0.2, -0.15) is 4.99 Å². The number of carbonyl (C=O) groups excluding carboxylic acids is 1. The Bertz CT molecular complexity index is 548. The standard InChI is InChI=1S/C10H10N2O2S/c1-7-3-5-14-8(7)9(13)11-10-12(2)4-6-15-10/h3-6H,1-2H3. The molecule has 2 rings (SSSR count). The van der Waals surface area contributed by atoms with Gasteiger partial charge >= 0.3 is 5.91 Å². The molecule has 0 aliphatic heterocycles. The van der Waals surface area contributed by atoms with E-state index in [0.29, 0.717) is 10.6 Å². The fourth-order valence-corrected chi connectivity index (χ4v) is 1.89. The highest BCUT2D eigenvalue weighted by Gasteiger charge is 2.11. The van der Waals surface area contributed by atoms with Crippen molar-refractivity contribution in [3.05, 3.63) is 40.0 Å². The molecule has 4 nitrogen and oxygen atoms in total. The monoisotopic (exact) mass is 222 g/mol. The van der Waals surface area contributed by atoms with Gasteiger partial charge in [-0.1, -0.05) is 0 Å². The van der Waals surface area contributed by atoms with Crippen molar-refractivity contribution in [3.8, 4) is 0 Å². The number of aromatic nitrogens is 1. The number of thiazole rings is 1. The molecular weight excluding hydrogens is 212 g/mol. The van der Waals surface area contributed by atoms with Crippen LogP contribution in [0.5, 0.6) is 0 Å². The Hall–Kier alpha value is -1.62. The van der Waals surface area contributed by atoms with E-state index in [9.17, 15) is 4.79 Å². The van der Waals surface area contributed by atoms with Crippen LogP contribution in [0.2, 0.25) is 0 Å². The SMILES string of the molecule is Cc1ccoc1C(=O)N=c1sccn1C. The number of hydrogen-bond acceptors (Lipinski definition) is 3. The maximum Gasteiger partial charge on any atom is 0.315 e. The zero-order chi connectivity index (χ0) is 10.8. The number of furan rings is 1. The highest BCUT2D eigenvalue weighted by atomic mass is 32.1. The Morgan fingerprint density at radius 3 is 2.93 bits per heavy atom. The van der Waals surface area contributed by atoms with E-state index in [1.54, 1.807) is 10.6 Å². The van der Waals surface area contributed by atoms with Crippen LogP contribution in [0, 0.1) is 6.92 Å². The van der Waals surface area contributed by atoms with Gasteiger partial charge in [-0.25, -0.2) is 0 Å². The Morgan fingerprint density at radius 2 is 2.40 bits per heavy atom. The molecule has 0 fully saturated rings. The lowest BCUT2D eigenvalue weighted by Crippen LogP contribution is -2.12. The molecule has 0 aliphatic rings. The predicted octanol–water partition coefficient (Wildman–Crippen LogP) is 1.73. The molecule has 0 spiro atoms. The van der Waals surface area contributed by atoms with Crippen LogP contribution in [0.15, 0.2) is 33.3 Å². The minimum absolute atomic E-state index is 0.309. The Kier molecular flexibility index (Phi) is 2.55. The van der Waals surface area contributed by atoms with Gasteiger partial charge in [-0.3, -0.25) is 4.79 Å². The fourth-order valence-electron chi connectivity index (χ4n) is 1.16. The van der Waals surface area contributed by atoms with Gasteiger partial charge in [0.1, 0.15) is 0 Å². The zero-order valence-corrected chi connectivity index (χ0v) is 9.25. The topological polar surface area (TPSA) is 47.5 Å². The third-order valence-corrected chi connectivity index (χ3v) is 2.86. The van der Waals surface area contributed by atoms with Gasteiger partial charge in [0.05, 0.1) is 6.26 Å². The van der Waals surface area contributed by atoms with E-state index >= 15 is 0 Å². The van der Waals surface area contributed by atoms with E-state index in [1.807, 2.05) is 25.5 Å². The van der Waals surface area contributed by atoms with Crippen molar-refractivity contribution in [1.29, 1.82) is 0 Å². The molecule has 78 valence electrons. The molecule has 1 amide bonds. The summed E-state index contributed by atoms with van der Waals surface area (Å²) in [6, 6.07) is 1.75. The number of nitrogens with zero attached hydrogens (tertiary/aromatic N) is 2. The van der Waals surface area contributed by atoms with Crippen LogP contribution in [0.1, 0.15) is 16.1 Å². The van der Waals surface area contributed by atoms with Crippen LogP contribution in [-0.4, -0.2) is 10.5 Å². The van der Waals surface area contributed by atoms with Crippen LogP contribution in [-0.2, 0) is 7.05 Å². The van der Waals surface area contributed by atoms with E-state index < -0.39 is 0 Å². The number of carbonyl (C=O) groups is 1. The van der Waals surface area contributed by atoms with Crippen LogP contribution in [0.25, 0.3) is 0 Å². The number of aryl methyl sites for hydroxylation is 2. The molecule has 15 heavy (non-hydrogen) atoms. The zero-order valence-electron chi connectivity index (χ0n) is 8.43. The highest BCUT2D eigenvalue weighted by Crippen LogP contribution is 2.09. The van der Waals surface area contributed by atoms with Gasteiger partial charge in [-0.05, 0) is 13.0 Å². The van der Waals surface area contributed by atoms with Crippen molar-refractivity contribution in [2.24, 2.45) is 12.0 Å². The van der Waals surface area contributed by atoms with Crippen LogP contribution in [0.4, 0.5) is 0 Å². The van der Waals surface area contributed by atoms with E-state index in [1.165, 1.54) is 17.6 Å². The van der Waals surface area contributed by atoms with E-state index in [0.717, 1.165) is 5.56 Å². The van der Waals surface area contributed by atoms with Crippen molar-refractivity contribution in [2.45, 2.75) is 6.92 Å². The van der Waals surface area contributed by atoms with Crippen molar-refractivity contribution in [2.75, 3.05) is 0 Å². The van der Waals surface area contributed by atoms with Gasteiger partial charge in [-0.15, -0.1) is 11.3 Å². The maximum absolute atomic E-state index is 11.7. The highest BCUT2D eigenvalue weighted by molar-refractivity contribution is 7.07. The third kappa shape index (κ3) is 1.92. The van der Waals surface area contributed by atoms with E-state index in [2.05, 4.69) is 4.99 Å². The summed E-state index contributed by atoms with van der Waals surface area (Å²) in [5.41, 5.74) is 0.808. The third-order valence-electron chi connectivity index (χ3n) is 2.01. The summed E-state index contributed by atoms with van der Waals surface area (Å²) in [5.74, 6) is -0.0287. The van der Waals surface area contributed by atoms with E-state index in [4.69, 9.17) is 4.42 Å². The van der Waals surface area contributed by atoms with Gasteiger partial charge in [0.25, 0.3) is 0 Å². The molecule has 0 atom stereocenters. The Morgan fingerprint density at radius 1 is 1.60 bits per heavy atom. The molecule has 0 aromatic carbocycles. The normalized spacial score (nSPS) is 12.0. The predicted molar refractivity (Wildman–Crippen MR) is 56.6 cm³/mol. The molecule has 0 saturated carbocycles. The molecule has 0 aliphatic carbocycles. The number of rotatable bonds is 1. The summed E-state index contributed by atoms with van der Waals surface area (Å²) < 4.78 is 6.86. The summed E-state index contributed by atoms with van der Waals surface area (Å²) in [4.78, 5) is 16.3. The van der Waals surface area contributed by atoms with Crippen LogP contribution >= 0.6 is 11.3 Å². The first-order valence-corrected chi connectivity index (χ1v) is 5.30. The second-order valence-corrected chi connectivity index (χ2v) is 4.02. The smallest absolute Gasteiger partial charge is 0.315 e. The number of hydrogen-bond donors (Lipinski definition) is 0. The lowest BCUT2D eigenvalue weighted by atomic mass is 10.3. The summed E-state index contributed by atoms with van der Waals surface area (Å²) in [6.07, 6.45) is 3.35. The summed E-state index contributed by atoms with van der Waals surface area (Å²) in [6.45, 7) is 1.82. The minimum Gasteiger partial charge on any atom is -0.459 e. The van der Waals surface area contributed by atoms with Gasteiger partial charge in [0.2, 0.25) is 0 Å². The lowest BCUT2D eigenvalue weighted by Gasteiger charge is -1.91. The van der Waals surface area contributed by atoms with Crippen molar-refractivity contribution < 1.29 is 9.21 Å². The lowest BCUT2D eigenvalue weighted by molar-refractivity contribution is 0.0970. The Labute approximate surface area is 90.5 Å². The molecule has 2 aromatic heterocycles. The summed E-state index contributed by atoms with van der Waals surface area (Å²) in [5, 5.41) is 1.88. The van der Waals surface area contributed by atoms with Crippen molar-refractivity contribution >= 4 is 17.2 Å². The van der Waals surface area contributed by atoms with Gasteiger partial charge in [0.15, 0.2) is 10.6 Å². The van der Waals surface area contributed by atoms with Crippen LogP contribution in [0.3, 0.4) is 0 Å². The average molecular weight is 222 g/mol. The molecular formula is C10H10N2O2S. The first-order valence-electron chi connectivity index (χ1n) is 4.42. The van der Waals surface area contributed by atoms with Gasteiger partial charge in [0, 0.05) is 24.2 Å². The molecule has 2 aromatic rings. The molecule has 5 heteroatoms. The second-order valence-electron chi connectivity index (χ2n) is 3.15. The first-order chi connectivity index (χ1) is 7.18. The number of amides is 1. The van der Waals surface area contributed by atoms with Crippen LogP contribution < -0.4 is 4.80 Å². The molecule has 2 heterocycles. The summed E-state index contributed by atoms with van der Waals surface area (Å²) in [7, 11) is 1.84. The average Bonchev–Trinajstić information content (AvgIpc) is 2.76. The van der Waals surface area contributed by atoms with Gasteiger partial charge < -0.3 is 8.98 Å². The van der Waals surface area contributed by atoms with Crippen molar-refractivity contribution in [3.63, 3.8) is 0 Å². The van der Waals surface area contributed by atoms with E-state index in [-0.39, 0.29) is 5.91 Å². The molecule has 0 unspecified atom stereocenters. The fraction of sp³-hybridized carbons (Fsp3) is 0.200. The molecule has 0 saturated heterocycles. The minimum atomic E-state index is -0.337. The first kappa shape index (κ1) is 9.92. The Balaban J connectivity index is 2.40. The molecule has 0 N–H and O–H groups in total. The maximum atomic E-state index is 11.7. The second kappa shape index (κ2) is 3.86. The largest absolute Gasteiger partial charge is 0.459 e. The summed E-state index contributed by atoms with van der Waals surface area (Å²) >= 11 is 1.41. The quantitative estimate of drug-likeness (QED) is 0.737. The van der Waals surface area contributed by atoms with Crippen molar-refractivity contribution in [1.82, 2.24) is 4.57 Å².